The van der Waals surface area contributed by atoms with Gasteiger partial charge in [-0.15, -0.1) is 0 Å². The van der Waals surface area contributed by atoms with E-state index in [-0.39, 0.29) is 0 Å². The highest BCUT2D eigenvalue weighted by atomic mass is 35.5. The molecule has 136 valence electrons. The fraction of sp³-hybridized carbons (Fsp3) is 0.556. The maximum atomic E-state index is 11.0. The lowest BCUT2D eigenvalue weighted by Crippen LogP contribution is -2.36. The van der Waals surface area contributed by atoms with Gasteiger partial charge in [0.2, 0.25) is 0 Å². The second-order valence-electron chi connectivity index (χ2n) is 6.83. The van der Waals surface area contributed by atoms with Gasteiger partial charge >= 0.3 is 0 Å². The van der Waals surface area contributed by atoms with Crippen LogP contribution in [0.4, 0.5) is 5.82 Å². The Kier molecular flexibility index (Phi) is 6.29. The summed E-state index contributed by atoms with van der Waals surface area (Å²) in [4.78, 5) is 18.0. The fourth-order valence-corrected chi connectivity index (χ4v) is 3.96. The van der Waals surface area contributed by atoms with Gasteiger partial charge in [-0.3, -0.25) is 14.9 Å². The van der Waals surface area contributed by atoms with E-state index < -0.39 is 5.91 Å². The van der Waals surface area contributed by atoms with Crippen molar-refractivity contribution in [3.63, 3.8) is 0 Å². The number of halogens is 1. The SMILES string of the molecule is O=C(/C=C/c1cnc(N[C@@H]2CCN(C3CCCCC3)C2)c(Cl)c1)NO. The number of nitrogens with one attached hydrogen (secondary N) is 2. The van der Waals surface area contributed by atoms with Gasteiger partial charge in [-0.1, -0.05) is 30.9 Å². The van der Waals surface area contributed by atoms with Crippen molar-refractivity contribution in [2.45, 2.75) is 50.6 Å². The van der Waals surface area contributed by atoms with Crippen molar-refractivity contribution in [2.75, 3.05) is 18.4 Å². The molecule has 0 aromatic carbocycles. The molecule has 0 radical (unpaired) electrons. The second kappa shape index (κ2) is 8.65. The van der Waals surface area contributed by atoms with Crippen molar-refractivity contribution < 1.29 is 10.0 Å². The second-order valence-corrected chi connectivity index (χ2v) is 7.23. The zero-order chi connectivity index (χ0) is 17.6. The molecule has 25 heavy (non-hydrogen) atoms. The predicted octanol–water partition coefficient (Wildman–Crippen LogP) is 3.07. The number of amides is 1. The molecule has 0 spiro atoms. The summed E-state index contributed by atoms with van der Waals surface area (Å²) >= 11 is 6.32. The highest BCUT2D eigenvalue weighted by molar-refractivity contribution is 6.33. The molecule has 1 atom stereocenters. The minimum Gasteiger partial charge on any atom is -0.365 e. The van der Waals surface area contributed by atoms with Crippen LogP contribution in [0.15, 0.2) is 18.3 Å². The zero-order valence-electron chi connectivity index (χ0n) is 14.2. The van der Waals surface area contributed by atoms with E-state index in [9.17, 15) is 4.79 Å². The predicted molar refractivity (Wildman–Crippen MR) is 98.7 cm³/mol. The maximum Gasteiger partial charge on any atom is 0.267 e. The third kappa shape index (κ3) is 4.93. The number of aromatic nitrogens is 1. The van der Waals surface area contributed by atoms with E-state index in [4.69, 9.17) is 16.8 Å². The van der Waals surface area contributed by atoms with E-state index in [1.165, 1.54) is 38.2 Å². The van der Waals surface area contributed by atoms with Crippen LogP contribution in [0.2, 0.25) is 5.02 Å². The molecular weight excluding hydrogens is 340 g/mol. The fourth-order valence-electron chi connectivity index (χ4n) is 3.74. The Morgan fingerprint density at radius 3 is 2.84 bits per heavy atom. The molecule has 1 aliphatic carbocycles. The molecule has 2 heterocycles. The van der Waals surface area contributed by atoms with E-state index in [2.05, 4.69) is 15.2 Å². The normalized spacial score (nSPS) is 22.4. The van der Waals surface area contributed by atoms with E-state index in [1.807, 2.05) is 0 Å². The van der Waals surface area contributed by atoms with Gasteiger partial charge in [-0.25, -0.2) is 10.5 Å². The molecule has 7 heteroatoms. The first-order valence-electron chi connectivity index (χ1n) is 8.94. The van der Waals surface area contributed by atoms with Gasteiger partial charge in [0.1, 0.15) is 5.82 Å². The van der Waals surface area contributed by atoms with Crippen molar-refractivity contribution in [1.82, 2.24) is 15.4 Å². The van der Waals surface area contributed by atoms with Crippen LogP contribution in [0.1, 0.15) is 44.1 Å². The van der Waals surface area contributed by atoms with Gasteiger partial charge in [0.25, 0.3) is 5.91 Å². The molecule has 1 saturated carbocycles. The lowest BCUT2D eigenvalue weighted by molar-refractivity contribution is -0.124. The first kappa shape index (κ1) is 18.2. The van der Waals surface area contributed by atoms with Crippen LogP contribution in [0, 0.1) is 0 Å². The Labute approximate surface area is 153 Å². The van der Waals surface area contributed by atoms with Gasteiger partial charge < -0.3 is 5.32 Å². The zero-order valence-corrected chi connectivity index (χ0v) is 15.0. The van der Waals surface area contributed by atoms with E-state index >= 15 is 0 Å². The minimum absolute atomic E-state index is 0.369. The molecule has 1 aromatic rings. The van der Waals surface area contributed by atoms with Crippen LogP contribution < -0.4 is 10.8 Å². The Balaban J connectivity index is 1.56. The number of nitrogens with zero attached hydrogens (tertiary/aromatic N) is 2. The van der Waals surface area contributed by atoms with Crippen molar-refractivity contribution in [2.24, 2.45) is 0 Å². The summed E-state index contributed by atoms with van der Waals surface area (Å²) in [6, 6.07) is 2.87. The third-order valence-corrected chi connectivity index (χ3v) is 5.34. The summed E-state index contributed by atoms with van der Waals surface area (Å²) < 4.78 is 0. The van der Waals surface area contributed by atoms with E-state index in [0.29, 0.717) is 22.4 Å². The van der Waals surface area contributed by atoms with Gasteiger partial charge in [0, 0.05) is 37.4 Å². The average Bonchev–Trinajstić information content (AvgIpc) is 3.11. The van der Waals surface area contributed by atoms with Crippen LogP contribution >= 0.6 is 11.6 Å². The van der Waals surface area contributed by atoms with Crippen LogP contribution in [0.3, 0.4) is 0 Å². The third-order valence-electron chi connectivity index (χ3n) is 5.05. The molecule has 0 unspecified atom stereocenters. The molecule has 2 aliphatic rings. The molecule has 1 amide bonds. The lowest BCUT2D eigenvalue weighted by atomic mass is 9.94. The Hall–Kier alpha value is -1.63. The van der Waals surface area contributed by atoms with Crippen molar-refractivity contribution in [1.29, 1.82) is 0 Å². The number of hydrogen-bond acceptors (Lipinski definition) is 5. The van der Waals surface area contributed by atoms with Gasteiger partial charge in [0.15, 0.2) is 0 Å². The first-order chi connectivity index (χ1) is 12.2. The number of hydroxylamine groups is 1. The van der Waals surface area contributed by atoms with E-state index in [1.54, 1.807) is 23.8 Å². The lowest BCUT2D eigenvalue weighted by Gasteiger charge is -2.31. The molecule has 0 bridgehead atoms. The molecule has 3 N–H and O–H groups in total. The number of carbonyl (C=O) groups excluding carboxylic acids is 1. The first-order valence-corrected chi connectivity index (χ1v) is 9.32. The summed E-state index contributed by atoms with van der Waals surface area (Å²) in [6.45, 7) is 2.18. The Bertz CT molecular complexity index is 632. The Morgan fingerprint density at radius 2 is 2.12 bits per heavy atom. The standard InChI is InChI=1S/C18H25ClN4O2/c19-16-10-13(6-7-17(24)22-25)11-20-18(16)21-14-8-9-23(12-14)15-4-2-1-3-5-15/h6-7,10-11,14-15,25H,1-5,8-9,12H2,(H,20,21)(H,22,24)/b7-6+/t14-/m1/s1. The number of hydrogen-bond donors (Lipinski definition) is 3. The summed E-state index contributed by atoms with van der Waals surface area (Å²) in [5.41, 5.74) is 2.25. The van der Waals surface area contributed by atoms with Crippen LogP contribution in [0.5, 0.6) is 0 Å². The number of anilines is 1. The summed E-state index contributed by atoms with van der Waals surface area (Å²) in [5.74, 6) is 0.0907. The summed E-state index contributed by atoms with van der Waals surface area (Å²) in [6.07, 6.45) is 12.3. The smallest absolute Gasteiger partial charge is 0.267 e. The highest BCUT2D eigenvalue weighted by Crippen LogP contribution is 2.28. The molecular formula is C18H25ClN4O2. The average molecular weight is 365 g/mol. The summed E-state index contributed by atoms with van der Waals surface area (Å²) in [7, 11) is 0. The molecule has 3 rings (SSSR count). The largest absolute Gasteiger partial charge is 0.365 e. The molecule has 1 aromatic heterocycles. The van der Waals surface area contributed by atoms with Crippen molar-refractivity contribution in [3.8, 4) is 0 Å². The topological polar surface area (TPSA) is 77.5 Å². The van der Waals surface area contributed by atoms with Crippen molar-refractivity contribution >= 4 is 29.4 Å². The van der Waals surface area contributed by atoms with Gasteiger partial charge in [-0.05, 0) is 37.0 Å². The monoisotopic (exact) mass is 364 g/mol. The molecule has 1 aliphatic heterocycles. The quantitative estimate of drug-likeness (QED) is 0.425. The number of carbonyl (C=O) groups is 1. The van der Waals surface area contributed by atoms with Gasteiger partial charge in [-0.2, -0.15) is 0 Å². The maximum absolute atomic E-state index is 11.0. The highest BCUT2D eigenvalue weighted by Gasteiger charge is 2.29. The Morgan fingerprint density at radius 1 is 1.32 bits per heavy atom. The van der Waals surface area contributed by atoms with Crippen molar-refractivity contribution in [3.05, 3.63) is 28.9 Å². The van der Waals surface area contributed by atoms with Crippen LogP contribution in [0.25, 0.3) is 6.08 Å². The van der Waals surface area contributed by atoms with Crippen LogP contribution in [-0.4, -0.2) is 46.2 Å². The van der Waals surface area contributed by atoms with Gasteiger partial charge in [0.05, 0.1) is 5.02 Å². The molecule has 2 fully saturated rings. The number of likely N-dealkylation sites (tertiary alicyclic amines) is 1. The summed E-state index contributed by atoms with van der Waals surface area (Å²) in [5, 5.41) is 12.5. The molecule has 6 nitrogen and oxygen atoms in total. The van der Waals surface area contributed by atoms with Crippen LogP contribution in [-0.2, 0) is 4.79 Å². The minimum atomic E-state index is -0.591. The molecule has 1 saturated heterocycles. The number of pyridine rings is 1. The van der Waals surface area contributed by atoms with E-state index in [0.717, 1.165) is 25.6 Å². The number of rotatable bonds is 5.